The monoisotopic (exact) mass is 239 g/mol. The second kappa shape index (κ2) is 6.25. The molecule has 0 fully saturated rings. The molecule has 0 aliphatic carbocycles. The molecule has 0 aliphatic heterocycles. The van der Waals surface area contributed by atoms with Gasteiger partial charge in [-0.25, -0.2) is 0 Å². The molecule has 0 saturated carbocycles. The lowest BCUT2D eigenvalue weighted by atomic mass is 10.0. The van der Waals surface area contributed by atoms with Crippen LogP contribution in [0.3, 0.4) is 0 Å². The van der Waals surface area contributed by atoms with E-state index in [1.54, 1.807) is 0 Å². The van der Waals surface area contributed by atoms with Crippen LogP contribution in [0.4, 0.5) is 5.69 Å². The summed E-state index contributed by atoms with van der Waals surface area (Å²) in [7, 11) is 0. The average Bonchev–Trinajstić information content (AvgIpc) is 2.43. The Morgan fingerprint density at radius 2 is 1.39 bits per heavy atom. The van der Waals surface area contributed by atoms with Crippen molar-refractivity contribution >= 4 is 5.69 Å². The van der Waals surface area contributed by atoms with Crippen LogP contribution in [-0.2, 0) is 6.42 Å². The maximum absolute atomic E-state index is 2.41. The second-order valence-corrected chi connectivity index (χ2v) is 4.46. The largest absolute Gasteiger partial charge is 0.372 e. The lowest BCUT2D eigenvalue weighted by molar-refractivity contribution is 0.858. The Morgan fingerprint density at radius 3 is 2.06 bits per heavy atom. The Labute approximate surface area is 110 Å². The van der Waals surface area contributed by atoms with E-state index < -0.39 is 0 Å². The summed E-state index contributed by atoms with van der Waals surface area (Å²) in [5, 5.41) is 0. The molecule has 2 aromatic carbocycles. The van der Waals surface area contributed by atoms with Crippen molar-refractivity contribution in [3.8, 4) is 0 Å². The molecule has 0 radical (unpaired) electrons. The van der Waals surface area contributed by atoms with E-state index in [0.29, 0.717) is 0 Å². The predicted molar refractivity (Wildman–Crippen MR) is 79.3 cm³/mol. The summed E-state index contributed by atoms with van der Waals surface area (Å²) < 4.78 is 0. The van der Waals surface area contributed by atoms with Crippen LogP contribution in [0.15, 0.2) is 54.6 Å². The van der Waals surface area contributed by atoms with Gasteiger partial charge in [-0.1, -0.05) is 48.5 Å². The van der Waals surface area contributed by atoms with Gasteiger partial charge in [-0.05, 0) is 37.5 Å². The number of nitrogens with zero attached hydrogens (tertiary/aromatic N) is 1. The van der Waals surface area contributed by atoms with Gasteiger partial charge >= 0.3 is 0 Å². The van der Waals surface area contributed by atoms with Crippen LogP contribution in [0, 0.1) is 0 Å². The zero-order chi connectivity index (χ0) is 12.8. The maximum Gasteiger partial charge on any atom is 0.0401 e. The Morgan fingerprint density at radius 1 is 0.778 bits per heavy atom. The fourth-order valence-corrected chi connectivity index (χ4v) is 2.35. The smallest absolute Gasteiger partial charge is 0.0401 e. The fourth-order valence-electron chi connectivity index (χ4n) is 2.35. The highest BCUT2D eigenvalue weighted by atomic mass is 15.1. The average molecular weight is 239 g/mol. The van der Waals surface area contributed by atoms with E-state index >= 15 is 0 Å². The summed E-state index contributed by atoms with van der Waals surface area (Å²) >= 11 is 0. The summed E-state index contributed by atoms with van der Waals surface area (Å²) in [6, 6.07) is 19.4. The van der Waals surface area contributed by atoms with Gasteiger partial charge in [-0.2, -0.15) is 0 Å². The van der Waals surface area contributed by atoms with Crippen molar-refractivity contribution < 1.29 is 0 Å². The highest BCUT2D eigenvalue weighted by Gasteiger charge is 2.07. The van der Waals surface area contributed by atoms with E-state index in [1.807, 2.05) is 0 Å². The normalized spacial score (nSPS) is 10.3. The molecule has 0 unspecified atom stereocenters. The number of para-hydroxylation sites is 1. The second-order valence-electron chi connectivity index (χ2n) is 4.46. The molecule has 18 heavy (non-hydrogen) atoms. The Balaban J connectivity index is 2.28. The van der Waals surface area contributed by atoms with Gasteiger partial charge in [0.25, 0.3) is 0 Å². The Kier molecular flexibility index (Phi) is 4.40. The molecular weight excluding hydrogens is 218 g/mol. The van der Waals surface area contributed by atoms with Gasteiger partial charge in [0, 0.05) is 18.8 Å². The molecule has 0 spiro atoms. The van der Waals surface area contributed by atoms with E-state index in [9.17, 15) is 0 Å². The van der Waals surface area contributed by atoms with Gasteiger partial charge in [-0.3, -0.25) is 0 Å². The molecular formula is C17H21N. The molecule has 0 heterocycles. The first-order valence-electron chi connectivity index (χ1n) is 6.72. The standard InChI is InChI=1S/C17H21N/c1-3-18(4-2)17-13-9-8-12-16(17)14-15-10-6-5-7-11-15/h5-13H,3-4,14H2,1-2H3. The third-order valence-corrected chi connectivity index (χ3v) is 3.33. The topological polar surface area (TPSA) is 3.24 Å². The summed E-state index contributed by atoms with van der Waals surface area (Å²) in [6.45, 7) is 6.54. The van der Waals surface area contributed by atoms with E-state index in [2.05, 4.69) is 73.3 Å². The van der Waals surface area contributed by atoms with E-state index in [-0.39, 0.29) is 0 Å². The third-order valence-electron chi connectivity index (χ3n) is 3.33. The van der Waals surface area contributed by atoms with Gasteiger partial charge in [0.1, 0.15) is 0 Å². The summed E-state index contributed by atoms with van der Waals surface area (Å²) in [4.78, 5) is 2.41. The molecule has 0 aliphatic rings. The van der Waals surface area contributed by atoms with Crippen molar-refractivity contribution in [2.24, 2.45) is 0 Å². The summed E-state index contributed by atoms with van der Waals surface area (Å²) in [5.74, 6) is 0. The predicted octanol–water partition coefficient (Wildman–Crippen LogP) is 4.12. The number of hydrogen-bond donors (Lipinski definition) is 0. The maximum atomic E-state index is 2.41. The molecule has 0 saturated heterocycles. The van der Waals surface area contributed by atoms with Crippen LogP contribution in [0.2, 0.25) is 0 Å². The summed E-state index contributed by atoms with van der Waals surface area (Å²) in [6.07, 6.45) is 1.01. The molecule has 2 rings (SSSR count). The molecule has 0 atom stereocenters. The molecule has 1 heteroatoms. The van der Waals surface area contributed by atoms with Crippen molar-refractivity contribution in [1.82, 2.24) is 0 Å². The van der Waals surface area contributed by atoms with E-state index in [4.69, 9.17) is 0 Å². The van der Waals surface area contributed by atoms with Gasteiger partial charge in [0.05, 0.1) is 0 Å². The van der Waals surface area contributed by atoms with Crippen molar-refractivity contribution in [2.45, 2.75) is 20.3 Å². The van der Waals surface area contributed by atoms with Crippen LogP contribution in [-0.4, -0.2) is 13.1 Å². The molecule has 0 amide bonds. The number of hydrogen-bond acceptors (Lipinski definition) is 1. The molecule has 1 nitrogen and oxygen atoms in total. The van der Waals surface area contributed by atoms with Crippen molar-refractivity contribution in [3.63, 3.8) is 0 Å². The van der Waals surface area contributed by atoms with Gasteiger partial charge in [0.15, 0.2) is 0 Å². The van der Waals surface area contributed by atoms with Crippen LogP contribution in [0.25, 0.3) is 0 Å². The lowest BCUT2D eigenvalue weighted by Gasteiger charge is -2.24. The SMILES string of the molecule is CCN(CC)c1ccccc1Cc1ccccc1. The van der Waals surface area contributed by atoms with Gasteiger partial charge in [0.2, 0.25) is 0 Å². The summed E-state index contributed by atoms with van der Waals surface area (Å²) in [5.41, 5.74) is 4.15. The quantitative estimate of drug-likeness (QED) is 0.758. The molecule has 0 bridgehead atoms. The minimum atomic E-state index is 1.01. The number of anilines is 1. The highest BCUT2D eigenvalue weighted by Crippen LogP contribution is 2.22. The van der Waals surface area contributed by atoms with Crippen LogP contribution >= 0.6 is 0 Å². The van der Waals surface area contributed by atoms with Crippen LogP contribution < -0.4 is 4.90 Å². The first-order chi connectivity index (χ1) is 8.85. The first-order valence-corrected chi connectivity index (χ1v) is 6.72. The molecule has 94 valence electrons. The van der Waals surface area contributed by atoms with Gasteiger partial charge < -0.3 is 4.90 Å². The molecule has 0 aromatic heterocycles. The minimum Gasteiger partial charge on any atom is -0.372 e. The minimum absolute atomic E-state index is 1.01. The fraction of sp³-hybridized carbons (Fsp3) is 0.294. The van der Waals surface area contributed by atoms with E-state index in [0.717, 1.165) is 19.5 Å². The third kappa shape index (κ3) is 2.92. The van der Waals surface area contributed by atoms with Gasteiger partial charge in [-0.15, -0.1) is 0 Å². The zero-order valence-electron chi connectivity index (χ0n) is 11.3. The van der Waals surface area contributed by atoms with Crippen molar-refractivity contribution in [1.29, 1.82) is 0 Å². The highest BCUT2D eigenvalue weighted by molar-refractivity contribution is 5.55. The van der Waals surface area contributed by atoms with Crippen LogP contribution in [0.1, 0.15) is 25.0 Å². The van der Waals surface area contributed by atoms with Crippen molar-refractivity contribution in [3.05, 3.63) is 65.7 Å². The Bertz CT molecular complexity index is 472. The number of rotatable bonds is 5. The van der Waals surface area contributed by atoms with E-state index in [1.165, 1.54) is 16.8 Å². The van der Waals surface area contributed by atoms with Crippen LogP contribution in [0.5, 0.6) is 0 Å². The Hall–Kier alpha value is -1.76. The molecule has 0 N–H and O–H groups in total. The zero-order valence-corrected chi connectivity index (χ0v) is 11.3. The van der Waals surface area contributed by atoms with Crippen molar-refractivity contribution in [2.75, 3.05) is 18.0 Å². The lowest BCUT2D eigenvalue weighted by Crippen LogP contribution is -2.23. The molecule has 2 aromatic rings. The first kappa shape index (κ1) is 12.7. The number of benzene rings is 2.